The van der Waals surface area contributed by atoms with Gasteiger partial charge in [-0.2, -0.15) is 12.6 Å². The molecular weight excluding hydrogens is 412 g/mol. The molecule has 30 heavy (non-hydrogen) atoms. The number of carbonyl (C=O) groups excluding carboxylic acids is 3. The number of amides is 3. The van der Waals surface area contributed by atoms with E-state index >= 15 is 0 Å². The van der Waals surface area contributed by atoms with Gasteiger partial charge in [0.1, 0.15) is 12.1 Å². The average molecular weight is 449 g/mol. The highest BCUT2D eigenvalue weighted by molar-refractivity contribution is 7.80. The van der Waals surface area contributed by atoms with Crippen LogP contribution in [-0.4, -0.2) is 69.9 Å². The number of nitrogens with two attached hydrogens (primary N) is 1. The molecule has 174 valence electrons. The van der Waals surface area contributed by atoms with Crippen molar-refractivity contribution < 1.29 is 29.4 Å². The van der Waals surface area contributed by atoms with Crippen LogP contribution in [0.4, 0.5) is 0 Å². The number of carbonyl (C=O) groups is 4. The quantitative estimate of drug-likeness (QED) is 0.182. The Morgan fingerprint density at radius 2 is 1.37 bits per heavy atom. The summed E-state index contributed by atoms with van der Waals surface area (Å²) >= 11 is 4.05. The van der Waals surface area contributed by atoms with E-state index in [0.717, 1.165) is 0 Å². The maximum Gasteiger partial charge on any atom is 0.328 e. The fourth-order valence-corrected chi connectivity index (χ4v) is 2.82. The SMILES string of the molecule is CCC(C)C(N)C(=O)NC(C(=O)NC(CS)C(=O)NC(C(=O)O)C(C)O)C(C)CC. The predicted octanol–water partition coefficient (Wildman–Crippen LogP) is -0.744. The van der Waals surface area contributed by atoms with E-state index in [0.29, 0.717) is 12.8 Å². The van der Waals surface area contributed by atoms with Crippen molar-refractivity contribution in [1.82, 2.24) is 16.0 Å². The van der Waals surface area contributed by atoms with Crippen molar-refractivity contribution in [2.45, 2.75) is 77.7 Å². The summed E-state index contributed by atoms with van der Waals surface area (Å²) in [7, 11) is 0. The molecule has 10 nitrogen and oxygen atoms in total. The van der Waals surface area contributed by atoms with Crippen LogP contribution in [-0.2, 0) is 19.2 Å². The van der Waals surface area contributed by atoms with Crippen LogP contribution < -0.4 is 21.7 Å². The Kier molecular flexibility index (Phi) is 12.6. The third-order valence-corrected chi connectivity index (χ3v) is 5.58. The van der Waals surface area contributed by atoms with Crippen LogP contribution in [0.1, 0.15) is 47.5 Å². The van der Waals surface area contributed by atoms with Gasteiger partial charge in [0.25, 0.3) is 0 Å². The molecule has 0 radical (unpaired) electrons. The van der Waals surface area contributed by atoms with Crippen molar-refractivity contribution in [1.29, 1.82) is 0 Å². The summed E-state index contributed by atoms with van der Waals surface area (Å²) in [6.45, 7) is 8.61. The van der Waals surface area contributed by atoms with E-state index in [1.165, 1.54) is 6.92 Å². The van der Waals surface area contributed by atoms with Crippen molar-refractivity contribution in [2.24, 2.45) is 17.6 Å². The molecule has 7 N–H and O–H groups in total. The minimum Gasteiger partial charge on any atom is -0.480 e. The van der Waals surface area contributed by atoms with Gasteiger partial charge >= 0.3 is 5.97 Å². The highest BCUT2D eigenvalue weighted by Gasteiger charge is 2.33. The van der Waals surface area contributed by atoms with Gasteiger partial charge in [0.15, 0.2) is 6.04 Å². The summed E-state index contributed by atoms with van der Waals surface area (Å²) in [5, 5.41) is 25.9. The van der Waals surface area contributed by atoms with E-state index < -0.39 is 54.0 Å². The van der Waals surface area contributed by atoms with E-state index in [-0.39, 0.29) is 17.6 Å². The van der Waals surface area contributed by atoms with Gasteiger partial charge in [0.2, 0.25) is 17.7 Å². The van der Waals surface area contributed by atoms with Gasteiger partial charge in [-0.1, -0.05) is 40.5 Å². The molecule has 0 saturated heterocycles. The fraction of sp³-hybridized carbons (Fsp3) is 0.789. The molecule has 0 heterocycles. The van der Waals surface area contributed by atoms with Gasteiger partial charge in [-0.25, -0.2) is 4.79 Å². The van der Waals surface area contributed by atoms with Gasteiger partial charge in [0, 0.05) is 5.75 Å². The van der Waals surface area contributed by atoms with E-state index in [1.807, 2.05) is 20.8 Å². The summed E-state index contributed by atoms with van der Waals surface area (Å²) in [6, 6.07) is -4.40. The zero-order chi connectivity index (χ0) is 23.6. The Morgan fingerprint density at radius 1 is 0.867 bits per heavy atom. The Morgan fingerprint density at radius 3 is 1.77 bits per heavy atom. The van der Waals surface area contributed by atoms with E-state index in [9.17, 15) is 24.3 Å². The molecule has 11 heteroatoms. The molecule has 0 saturated carbocycles. The molecule has 0 aliphatic carbocycles. The van der Waals surface area contributed by atoms with Crippen molar-refractivity contribution in [3.8, 4) is 0 Å². The minimum absolute atomic E-state index is 0.0740. The first-order chi connectivity index (χ1) is 13.9. The van der Waals surface area contributed by atoms with Gasteiger partial charge in [0.05, 0.1) is 12.1 Å². The Balaban J connectivity index is 5.33. The molecule has 0 aromatic heterocycles. The molecular formula is C19H36N4O6S. The second kappa shape index (κ2) is 13.5. The molecule has 7 atom stereocenters. The molecule has 0 aliphatic heterocycles. The molecule has 0 fully saturated rings. The average Bonchev–Trinajstić information content (AvgIpc) is 2.70. The van der Waals surface area contributed by atoms with Crippen molar-refractivity contribution in [3.05, 3.63) is 0 Å². The molecule has 0 bridgehead atoms. The van der Waals surface area contributed by atoms with E-state index in [4.69, 9.17) is 10.8 Å². The van der Waals surface area contributed by atoms with Crippen LogP contribution in [0.5, 0.6) is 0 Å². The number of aliphatic hydroxyl groups is 1. The van der Waals surface area contributed by atoms with Crippen LogP contribution in [0, 0.1) is 11.8 Å². The third-order valence-electron chi connectivity index (χ3n) is 5.21. The molecule has 0 aliphatic rings. The van der Waals surface area contributed by atoms with Crippen LogP contribution in [0.25, 0.3) is 0 Å². The van der Waals surface area contributed by atoms with Gasteiger partial charge in [-0.15, -0.1) is 0 Å². The number of carboxylic acid groups (broad SMARTS) is 1. The van der Waals surface area contributed by atoms with Crippen molar-refractivity contribution in [3.63, 3.8) is 0 Å². The van der Waals surface area contributed by atoms with Gasteiger partial charge < -0.3 is 31.9 Å². The standard InChI is InChI=1S/C19H36N4O6S/c1-6-9(3)13(20)17(26)22-14(10(4)7-2)18(27)21-12(8-30)16(25)23-15(11(5)24)19(28)29/h9-15,24,30H,6-8,20H2,1-5H3,(H,21,27)(H,22,26)(H,23,25)(H,28,29). The third kappa shape index (κ3) is 8.49. The fourth-order valence-electron chi connectivity index (χ4n) is 2.56. The normalized spacial score (nSPS) is 18.1. The predicted molar refractivity (Wildman–Crippen MR) is 116 cm³/mol. The first-order valence-electron chi connectivity index (χ1n) is 10.1. The highest BCUT2D eigenvalue weighted by Crippen LogP contribution is 2.11. The second-order valence-corrected chi connectivity index (χ2v) is 7.96. The monoisotopic (exact) mass is 448 g/mol. The number of aliphatic hydroxyl groups excluding tert-OH is 1. The van der Waals surface area contributed by atoms with Crippen molar-refractivity contribution in [2.75, 3.05) is 5.75 Å². The van der Waals surface area contributed by atoms with Crippen LogP contribution >= 0.6 is 12.6 Å². The maximum atomic E-state index is 12.8. The minimum atomic E-state index is -1.53. The maximum absolute atomic E-state index is 12.8. The largest absolute Gasteiger partial charge is 0.480 e. The Bertz CT molecular complexity index is 604. The molecule has 0 spiro atoms. The lowest BCUT2D eigenvalue weighted by Crippen LogP contribution is -2.60. The summed E-state index contributed by atoms with van der Waals surface area (Å²) in [6.07, 6.45) is -0.0559. The number of hydrogen-bond acceptors (Lipinski definition) is 7. The topological polar surface area (TPSA) is 171 Å². The lowest BCUT2D eigenvalue weighted by atomic mass is 9.95. The Labute approximate surface area is 183 Å². The summed E-state index contributed by atoms with van der Waals surface area (Å²) < 4.78 is 0. The van der Waals surface area contributed by atoms with E-state index in [1.54, 1.807) is 6.92 Å². The van der Waals surface area contributed by atoms with E-state index in [2.05, 4.69) is 28.6 Å². The number of rotatable bonds is 13. The number of aliphatic carboxylic acids is 1. The van der Waals surface area contributed by atoms with Crippen LogP contribution in [0.15, 0.2) is 0 Å². The zero-order valence-electron chi connectivity index (χ0n) is 18.2. The first kappa shape index (κ1) is 28.1. The van der Waals surface area contributed by atoms with Crippen molar-refractivity contribution >= 4 is 36.3 Å². The van der Waals surface area contributed by atoms with Crippen LogP contribution in [0.2, 0.25) is 0 Å². The summed E-state index contributed by atoms with van der Waals surface area (Å²) in [4.78, 5) is 48.8. The lowest BCUT2D eigenvalue weighted by Gasteiger charge is -2.28. The second-order valence-electron chi connectivity index (χ2n) is 7.59. The number of hydrogen-bond donors (Lipinski definition) is 7. The van der Waals surface area contributed by atoms with Gasteiger partial charge in [-0.05, 0) is 18.8 Å². The highest BCUT2D eigenvalue weighted by atomic mass is 32.1. The summed E-state index contributed by atoms with van der Waals surface area (Å²) in [5.74, 6) is -3.72. The Hall–Kier alpha value is -1.85. The number of carboxylic acids is 1. The molecule has 0 rings (SSSR count). The summed E-state index contributed by atoms with van der Waals surface area (Å²) in [5.41, 5.74) is 5.95. The van der Waals surface area contributed by atoms with Crippen LogP contribution in [0.3, 0.4) is 0 Å². The molecule has 7 unspecified atom stereocenters. The van der Waals surface area contributed by atoms with Gasteiger partial charge in [-0.3, -0.25) is 14.4 Å². The molecule has 3 amide bonds. The molecule has 0 aromatic carbocycles. The zero-order valence-corrected chi connectivity index (χ0v) is 19.1. The smallest absolute Gasteiger partial charge is 0.328 e. The first-order valence-corrected chi connectivity index (χ1v) is 10.7. The lowest BCUT2D eigenvalue weighted by molar-refractivity contribution is -0.145. The number of thiol groups is 1. The number of nitrogens with one attached hydrogen (secondary N) is 3. The molecule has 0 aromatic rings.